The van der Waals surface area contributed by atoms with Gasteiger partial charge in [0.25, 0.3) is 0 Å². The molecule has 2 aliphatic rings. The Morgan fingerprint density at radius 1 is 0.703 bits per heavy atom. The second-order valence-electron chi connectivity index (χ2n) is 9.50. The Kier molecular flexibility index (Phi) is 8.86. The average molecular weight is 602 g/mol. The second-order valence-corrected chi connectivity index (χ2v) is 15.8. The minimum Gasteiger partial charge on any atom is -1.00 e. The number of anilines is 1. The first kappa shape index (κ1) is 27.5. The molecule has 0 heterocycles. The fraction of sp³-hybridized carbons (Fsp3) is 0.121. The van der Waals surface area contributed by atoms with Gasteiger partial charge in [-0.3, -0.25) is 0 Å². The van der Waals surface area contributed by atoms with E-state index in [1.165, 1.54) is 39.1 Å². The molecular weight excluding hydrogens is 573 g/mol. The molecule has 2 aliphatic carbocycles. The molecule has 4 aromatic rings. The molecule has 1 atom stereocenters. The van der Waals surface area contributed by atoms with E-state index >= 15 is 0 Å². The minimum atomic E-state index is -2.55. The fourth-order valence-electron chi connectivity index (χ4n) is 5.74. The van der Waals surface area contributed by atoms with Crippen molar-refractivity contribution in [2.24, 2.45) is 0 Å². The maximum absolute atomic E-state index is 2.55. The van der Waals surface area contributed by atoms with E-state index in [9.17, 15) is 0 Å². The van der Waals surface area contributed by atoms with Gasteiger partial charge in [0.1, 0.15) is 0 Å². The zero-order valence-electron chi connectivity index (χ0n) is 21.0. The molecule has 1 unspecified atom stereocenters. The van der Waals surface area contributed by atoms with E-state index in [2.05, 4.69) is 140 Å². The number of benzene rings is 4. The molecule has 0 aromatic heterocycles. The van der Waals surface area contributed by atoms with Crippen molar-refractivity contribution in [1.29, 1.82) is 0 Å². The van der Waals surface area contributed by atoms with Crippen molar-refractivity contribution in [3.05, 3.63) is 147 Å². The third-order valence-electron chi connectivity index (χ3n) is 7.21. The van der Waals surface area contributed by atoms with Crippen LogP contribution in [0.25, 0.3) is 11.1 Å². The molecule has 0 spiro atoms. The Morgan fingerprint density at radius 2 is 1.30 bits per heavy atom. The molecule has 0 radical (unpaired) electrons. The van der Waals surface area contributed by atoms with Crippen molar-refractivity contribution in [3.63, 3.8) is 0 Å². The topological polar surface area (TPSA) is 3.24 Å². The minimum absolute atomic E-state index is 0. The van der Waals surface area contributed by atoms with Gasteiger partial charge in [-0.05, 0) is 0 Å². The third-order valence-corrected chi connectivity index (χ3v) is 15.5. The normalized spacial score (nSPS) is 14.3. The molecular formula is C33H29Cl2NZr. The predicted octanol–water partition coefficient (Wildman–Crippen LogP) is 1.56. The standard InChI is InChI=1S/C15H14N.C13H10.C5H5.2ClH.Zr/c1-16(2)14-9-5-7-12-10-11-6-3-4-8-13(11)15(12)14;1-3-7-12(8-4-1)11-13-9-5-2-6-10-13;1-2-4-5-3-1;;;/h3-10H,1-2H3;1-10H;1-3H,4H2;2*1H;/q;;;;;+2/p-2. The van der Waals surface area contributed by atoms with E-state index in [1.807, 2.05) is 0 Å². The van der Waals surface area contributed by atoms with Crippen LogP contribution in [0.2, 0.25) is 0 Å². The molecule has 184 valence electrons. The Labute approximate surface area is 240 Å². The van der Waals surface area contributed by atoms with E-state index in [0.717, 1.165) is 6.42 Å². The number of allylic oxidation sites excluding steroid dienone is 4. The first-order valence-corrected chi connectivity index (χ1v) is 16.2. The van der Waals surface area contributed by atoms with Gasteiger partial charge in [0.05, 0.1) is 0 Å². The molecule has 37 heavy (non-hydrogen) atoms. The molecule has 0 saturated heterocycles. The third kappa shape index (κ3) is 5.00. The van der Waals surface area contributed by atoms with Crippen LogP contribution in [0.15, 0.2) is 125 Å². The van der Waals surface area contributed by atoms with Crippen LogP contribution < -0.4 is 29.7 Å². The zero-order chi connectivity index (χ0) is 23.8. The van der Waals surface area contributed by atoms with E-state index in [-0.39, 0.29) is 24.8 Å². The molecule has 0 saturated carbocycles. The van der Waals surface area contributed by atoms with Crippen molar-refractivity contribution in [2.45, 2.75) is 10.0 Å². The van der Waals surface area contributed by atoms with Gasteiger partial charge in [0.15, 0.2) is 0 Å². The number of hydrogen-bond donors (Lipinski definition) is 0. The Balaban J connectivity index is 0.00000160. The van der Waals surface area contributed by atoms with Gasteiger partial charge in [-0.2, -0.15) is 0 Å². The second kappa shape index (κ2) is 11.9. The Hall–Kier alpha value is -2.51. The summed E-state index contributed by atoms with van der Waals surface area (Å²) in [5.74, 6) is 0. The van der Waals surface area contributed by atoms with E-state index in [0.29, 0.717) is 3.63 Å². The number of hydrogen-bond acceptors (Lipinski definition) is 1. The van der Waals surface area contributed by atoms with E-state index in [4.69, 9.17) is 0 Å². The average Bonchev–Trinajstić information content (AvgIpc) is 3.55. The number of rotatable bonds is 5. The first-order valence-electron chi connectivity index (χ1n) is 12.3. The molecule has 6 rings (SSSR count). The summed E-state index contributed by atoms with van der Waals surface area (Å²) in [6.07, 6.45) is 8.15. The summed E-state index contributed by atoms with van der Waals surface area (Å²) in [4.78, 5) is 2.27. The van der Waals surface area contributed by atoms with Gasteiger partial charge < -0.3 is 24.8 Å². The van der Waals surface area contributed by atoms with Crippen LogP contribution in [-0.2, 0) is 21.3 Å². The van der Waals surface area contributed by atoms with E-state index in [1.54, 1.807) is 6.49 Å². The Morgan fingerprint density at radius 3 is 1.89 bits per heavy atom. The number of halogens is 2. The largest absolute Gasteiger partial charge is 1.00 e. The molecule has 4 aromatic carbocycles. The van der Waals surface area contributed by atoms with Gasteiger partial charge in [-0.15, -0.1) is 0 Å². The van der Waals surface area contributed by atoms with Crippen molar-refractivity contribution in [1.82, 2.24) is 0 Å². The maximum atomic E-state index is 2.44. The van der Waals surface area contributed by atoms with Crippen LogP contribution in [0.4, 0.5) is 5.69 Å². The summed E-state index contributed by atoms with van der Waals surface area (Å²) >= 11 is -2.55. The van der Waals surface area contributed by atoms with Gasteiger partial charge in [-0.25, -0.2) is 0 Å². The van der Waals surface area contributed by atoms with Crippen LogP contribution in [0.5, 0.6) is 0 Å². The van der Waals surface area contributed by atoms with Crippen LogP contribution in [0, 0.1) is 0 Å². The smallest absolute Gasteiger partial charge is 1.00 e. The number of nitrogens with zero attached hydrogens (tertiary/aromatic N) is 1. The predicted molar refractivity (Wildman–Crippen MR) is 146 cm³/mol. The van der Waals surface area contributed by atoms with Gasteiger partial charge in [-0.1, -0.05) is 0 Å². The molecule has 0 fully saturated rings. The maximum Gasteiger partial charge on any atom is -1.00 e. The fourth-order valence-corrected chi connectivity index (χ4v) is 14.7. The SMILES string of the molecule is CN(C)c1cccc2c1-c1ccccc1[CH]2[Zr+2]([C]1=CC=CC1)=[C](c1ccccc1)c1ccccc1.[Cl-].[Cl-]. The summed E-state index contributed by atoms with van der Waals surface area (Å²) in [5, 5.41) is 0. The summed E-state index contributed by atoms with van der Waals surface area (Å²) in [6.45, 7) is 0. The van der Waals surface area contributed by atoms with Crippen molar-refractivity contribution < 1.29 is 46.1 Å². The molecule has 1 nitrogen and oxygen atoms in total. The molecule has 0 bridgehead atoms. The van der Waals surface area contributed by atoms with E-state index < -0.39 is 21.3 Å². The van der Waals surface area contributed by atoms with Crippen LogP contribution >= 0.6 is 0 Å². The van der Waals surface area contributed by atoms with Crippen LogP contribution in [0.1, 0.15) is 32.3 Å². The molecule has 0 amide bonds. The molecule has 0 N–H and O–H groups in total. The monoisotopic (exact) mass is 599 g/mol. The van der Waals surface area contributed by atoms with Gasteiger partial charge in [0, 0.05) is 0 Å². The quantitative estimate of drug-likeness (QED) is 0.336. The van der Waals surface area contributed by atoms with Crippen LogP contribution in [0.3, 0.4) is 0 Å². The summed E-state index contributed by atoms with van der Waals surface area (Å²) in [7, 11) is 4.33. The summed E-state index contributed by atoms with van der Waals surface area (Å²) < 4.78 is 3.73. The van der Waals surface area contributed by atoms with Gasteiger partial charge >= 0.3 is 217 Å². The van der Waals surface area contributed by atoms with Crippen molar-refractivity contribution >= 4 is 8.89 Å². The van der Waals surface area contributed by atoms with Crippen molar-refractivity contribution in [3.8, 4) is 11.1 Å². The zero-order valence-corrected chi connectivity index (χ0v) is 25.0. The summed E-state index contributed by atoms with van der Waals surface area (Å²) in [5.41, 5.74) is 9.98. The van der Waals surface area contributed by atoms with Crippen molar-refractivity contribution in [2.75, 3.05) is 19.0 Å². The number of fused-ring (bicyclic) bond motifs is 3. The van der Waals surface area contributed by atoms with Crippen LogP contribution in [-0.4, -0.2) is 17.3 Å². The molecule has 0 aliphatic heterocycles. The Bertz CT molecular complexity index is 1450. The summed E-state index contributed by atoms with van der Waals surface area (Å²) in [6, 6.07) is 38.5. The molecule has 4 heteroatoms. The van der Waals surface area contributed by atoms with Gasteiger partial charge in [0.2, 0.25) is 0 Å². The first-order chi connectivity index (χ1) is 17.2.